The minimum absolute atomic E-state index is 0.0124. The molecule has 1 fully saturated rings. The van der Waals surface area contributed by atoms with E-state index in [0.717, 1.165) is 5.56 Å². The van der Waals surface area contributed by atoms with Gasteiger partial charge in [-0.05, 0) is 70.0 Å². The van der Waals surface area contributed by atoms with E-state index in [2.05, 4.69) is 76.3 Å². The third kappa shape index (κ3) is 2.38. The Hall–Kier alpha value is -0.580. The van der Waals surface area contributed by atoms with E-state index in [0.29, 0.717) is 6.61 Å². The van der Waals surface area contributed by atoms with Crippen LogP contribution in [-0.4, -0.2) is 5.97 Å². The number of benzene rings is 1. The molecule has 0 aromatic heterocycles. The topological polar surface area (TPSA) is 26.3 Å². The predicted octanol–water partition coefficient (Wildman–Crippen LogP) is 4.63. The van der Waals surface area contributed by atoms with Crippen LogP contribution in [0.15, 0.2) is 12.1 Å². The second-order valence-electron chi connectivity index (χ2n) is 6.95. The Labute approximate surface area is 135 Å². The third-order valence-electron chi connectivity index (χ3n) is 5.38. The number of hydrogen-bond donors (Lipinski definition) is 0. The number of halogens is 1. The minimum Gasteiger partial charge on any atom is -0.461 e. The molecule has 1 aliphatic carbocycles. The molecule has 0 atom stereocenters. The van der Waals surface area contributed by atoms with Gasteiger partial charge in [-0.25, -0.2) is 0 Å². The van der Waals surface area contributed by atoms with E-state index in [9.17, 15) is 4.79 Å². The average molecular weight is 386 g/mol. The number of carbonyl (C=O) groups is 1. The lowest BCUT2D eigenvalue weighted by Gasteiger charge is -2.12. The zero-order chi connectivity index (χ0) is 15.3. The molecule has 0 spiro atoms. The van der Waals surface area contributed by atoms with Crippen LogP contribution in [0.3, 0.4) is 0 Å². The highest BCUT2D eigenvalue weighted by molar-refractivity contribution is 14.1. The maximum absolute atomic E-state index is 12.3. The van der Waals surface area contributed by atoms with Crippen molar-refractivity contribution in [2.45, 2.75) is 48.1 Å². The van der Waals surface area contributed by atoms with Crippen LogP contribution < -0.4 is 0 Å². The number of carbonyl (C=O) groups excluding carboxylic acids is 1. The highest BCUT2D eigenvalue weighted by Crippen LogP contribution is 2.68. The van der Waals surface area contributed by atoms with Gasteiger partial charge in [0.25, 0.3) is 0 Å². The molecule has 0 radical (unpaired) electrons. The van der Waals surface area contributed by atoms with Gasteiger partial charge >= 0.3 is 5.97 Å². The van der Waals surface area contributed by atoms with Gasteiger partial charge in [-0.1, -0.05) is 33.8 Å². The summed E-state index contributed by atoms with van der Waals surface area (Å²) in [4.78, 5) is 12.3. The molecular weight excluding hydrogens is 363 g/mol. The monoisotopic (exact) mass is 386 g/mol. The fourth-order valence-corrected chi connectivity index (χ4v) is 3.60. The first-order valence-corrected chi connectivity index (χ1v) is 8.09. The van der Waals surface area contributed by atoms with E-state index >= 15 is 0 Å². The lowest BCUT2D eigenvalue weighted by atomic mass is 10.0. The molecule has 2 rings (SSSR count). The summed E-state index contributed by atoms with van der Waals surface area (Å²) < 4.78 is 6.81. The van der Waals surface area contributed by atoms with E-state index in [1.807, 2.05) is 0 Å². The first-order valence-electron chi connectivity index (χ1n) is 7.02. The quantitative estimate of drug-likeness (QED) is 0.559. The summed E-state index contributed by atoms with van der Waals surface area (Å²) in [7, 11) is 0. The number of hydrogen-bond acceptors (Lipinski definition) is 2. The summed E-state index contributed by atoms with van der Waals surface area (Å²) in [5, 5.41) is 0. The van der Waals surface area contributed by atoms with Crippen LogP contribution in [0.25, 0.3) is 0 Å². The molecule has 110 valence electrons. The van der Waals surface area contributed by atoms with Crippen molar-refractivity contribution in [1.82, 2.24) is 0 Å². The van der Waals surface area contributed by atoms with Crippen LogP contribution >= 0.6 is 22.6 Å². The van der Waals surface area contributed by atoms with Crippen LogP contribution in [0.2, 0.25) is 0 Å². The zero-order valence-electron chi connectivity index (χ0n) is 13.1. The molecule has 3 heteroatoms. The lowest BCUT2D eigenvalue weighted by molar-refractivity contribution is -0.148. The predicted molar refractivity (Wildman–Crippen MR) is 89.5 cm³/mol. The summed E-state index contributed by atoms with van der Waals surface area (Å²) in [5.74, 6) is -0.0453. The average Bonchev–Trinajstić information content (AvgIpc) is 2.74. The van der Waals surface area contributed by atoms with Crippen LogP contribution in [0, 0.1) is 34.2 Å². The molecule has 0 saturated heterocycles. The van der Waals surface area contributed by atoms with Crippen LogP contribution in [0.4, 0.5) is 0 Å². The van der Waals surface area contributed by atoms with Crippen molar-refractivity contribution < 1.29 is 9.53 Å². The van der Waals surface area contributed by atoms with Crippen molar-refractivity contribution in [1.29, 1.82) is 0 Å². The highest BCUT2D eigenvalue weighted by atomic mass is 127. The van der Waals surface area contributed by atoms with Crippen molar-refractivity contribution >= 4 is 28.6 Å². The van der Waals surface area contributed by atoms with Gasteiger partial charge in [-0.3, -0.25) is 4.79 Å². The lowest BCUT2D eigenvalue weighted by Crippen LogP contribution is -2.12. The van der Waals surface area contributed by atoms with Crippen LogP contribution in [0.1, 0.15) is 44.4 Å². The molecule has 0 unspecified atom stereocenters. The number of rotatable bonds is 3. The fraction of sp³-hybridized carbons (Fsp3) is 0.588. The maximum Gasteiger partial charge on any atom is 0.310 e. The third-order valence-corrected chi connectivity index (χ3v) is 6.55. The van der Waals surface area contributed by atoms with Crippen LogP contribution in [-0.2, 0) is 16.1 Å². The van der Waals surface area contributed by atoms with E-state index < -0.39 is 0 Å². The van der Waals surface area contributed by atoms with Crippen molar-refractivity contribution in [3.8, 4) is 0 Å². The molecule has 0 bridgehead atoms. The Morgan fingerprint density at radius 1 is 1.20 bits per heavy atom. The van der Waals surface area contributed by atoms with Gasteiger partial charge in [-0.15, -0.1) is 0 Å². The normalized spacial score (nSPS) is 19.8. The van der Waals surface area contributed by atoms with E-state index in [-0.39, 0.29) is 22.7 Å². The molecule has 0 N–H and O–H groups in total. The summed E-state index contributed by atoms with van der Waals surface area (Å²) in [6, 6.07) is 4.19. The fourth-order valence-electron chi connectivity index (χ4n) is 3.10. The van der Waals surface area contributed by atoms with Crippen LogP contribution in [0.5, 0.6) is 0 Å². The smallest absolute Gasteiger partial charge is 0.310 e. The van der Waals surface area contributed by atoms with E-state index in [1.165, 1.54) is 14.7 Å². The molecule has 0 heterocycles. The number of aryl methyl sites for hydroxylation is 1. The standard InChI is InChI=1S/C17H23IO2/c1-10-7-8-13(18)11(2)12(10)9-20-15(19)14-16(3,4)17(14,5)6/h7-8,14H,9H2,1-6H3. The Kier molecular flexibility index (Phi) is 3.95. The van der Waals surface area contributed by atoms with Crippen molar-refractivity contribution in [2.24, 2.45) is 16.7 Å². The van der Waals surface area contributed by atoms with Gasteiger partial charge in [0.1, 0.15) is 6.61 Å². The molecule has 0 amide bonds. The second kappa shape index (κ2) is 5.00. The van der Waals surface area contributed by atoms with Gasteiger partial charge in [-0.2, -0.15) is 0 Å². The molecule has 1 aliphatic rings. The maximum atomic E-state index is 12.3. The Bertz CT molecular complexity index is 544. The van der Waals surface area contributed by atoms with E-state index in [4.69, 9.17) is 4.74 Å². The molecule has 1 aromatic carbocycles. The van der Waals surface area contributed by atoms with Crippen molar-refractivity contribution in [2.75, 3.05) is 0 Å². The Balaban J connectivity index is 2.08. The first kappa shape index (κ1) is 15.8. The molecular formula is C17H23IO2. The Morgan fingerprint density at radius 3 is 2.25 bits per heavy atom. The van der Waals surface area contributed by atoms with Gasteiger partial charge < -0.3 is 4.74 Å². The zero-order valence-corrected chi connectivity index (χ0v) is 15.3. The van der Waals surface area contributed by atoms with Crippen molar-refractivity contribution in [3.63, 3.8) is 0 Å². The van der Waals surface area contributed by atoms with Gasteiger partial charge in [0, 0.05) is 3.57 Å². The first-order chi connectivity index (χ1) is 9.10. The second-order valence-corrected chi connectivity index (χ2v) is 8.11. The van der Waals surface area contributed by atoms with E-state index in [1.54, 1.807) is 0 Å². The minimum atomic E-state index is -0.0577. The Morgan fingerprint density at radius 2 is 1.75 bits per heavy atom. The number of esters is 1. The molecule has 1 aromatic rings. The molecule has 0 aliphatic heterocycles. The number of ether oxygens (including phenoxy) is 1. The summed E-state index contributed by atoms with van der Waals surface area (Å²) in [6.07, 6.45) is 0. The van der Waals surface area contributed by atoms with Crippen molar-refractivity contribution in [3.05, 3.63) is 32.4 Å². The molecule has 1 saturated carbocycles. The summed E-state index contributed by atoms with van der Waals surface area (Å²) >= 11 is 2.32. The van der Waals surface area contributed by atoms with Gasteiger partial charge in [0.2, 0.25) is 0 Å². The largest absolute Gasteiger partial charge is 0.461 e. The summed E-state index contributed by atoms with van der Waals surface area (Å²) in [6.45, 7) is 13.1. The van der Waals surface area contributed by atoms with Gasteiger partial charge in [0.05, 0.1) is 5.92 Å². The summed E-state index contributed by atoms with van der Waals surface area (Å²) in [5.41, 5.74) is 3.62. The molecule has 20 heavy (non-hydrogen) atoms. The SMILES string of the molecule is Cc1ccc(I)c(C)c1COC(=O)C1C(C)(C)C1(C)C. The van der Waals surface area contributed by atoms with Gasteiger partial charge in [0.15, 0.2) is 0 Å². The highest BCUT2D eigenvalue weighted by Gasteiger charge is 2.69. The molecule has 2 nitrogen and oxygen atoms in total.